The highest BCUT2D eigenvalue weighted by molar-refractivity contribution is 7.93. The Kier molecular flexibility index (Phi) is 5.42. The summed E-state index contributed by atoms with van der Waals surface area (Å²) in [4.78, 5) is 12.5. The summed E-state index contributed by atoms with van der Waals surface area (Å²) in [6.45, 7) is 0.126. The van der Waals surface area contributed by atoms with Crippen molar-refractivity contribution in [3.05, 3.63) is 59.4 Å². The van der Waals surface area contributed by atoms with Gasteiger partial charge in [-0.3, -0.25) is 14.9 Å². The zero-order chi connectivity index (χ0) is 18.7. The SMILES string of the molecule is O=C(Nc1cccc(Cl)c1)C1CNNC1S(=O)(=O)Nc1ccc(F)cc1. The third kappa shape index (κ3) is 4.31. The van der Waals surface area contributed by atoms with Gasteiger partial charge in [0.05, 0.1) is 5.92 Å². The van der Waals surface area contributed by atoms with E-state index in [4.69, 9.17) is 11.6 Å². The van der Waals surface area contributed by atoms with Crippen LogP contribution in [0.5, 0.6) is 0 Å². The molecule has 2 atom stereocenters. The summed E-state index contributed by atoms with van der Waals surface area (Å²) in [5, 5.41) is 1.90. The molecule has 2 aromatic rings. The molecule has 26 heavy (non-hydrogen) atoms. The van der Waals surface area contributed by atoms with Crippen LogP contribution in [0.15, 0.2) is 48.5 Å². The van der Waals surface area contributed by atoms with Crippen molar-refractivity contribution in [2.24, 2.45) is 5.92 Å². The number of anilines is 2. The molecule has 1 aliphatic heterocycles. The number of halogens is 2. The molecule has 1 aliphatic rings. The van der Waals surface area contributed by atoms with E-state index in [2.05, 4.69) is 20.9 Å². The van der Waals surface area contributed by atoms with Gasteiger partial charge in [0.25, 0.3) is 10.0 Å². The van der Waals surface area contributed by atoms with Gasteiger partial charge in [0.2, 0.25) is 5.91 Å². The Labute approximate surface area is 155 Å². The van der Waals surface area contributed by atoms with Crippen LogP contribution in [-0.4, -0.2) is 26.2 Å². The Morgan fingerprint density at radius 3 is 2.58 bits per heavy atom. The molecule has 7 nitrogen and oxygen atoms in total. The van der Waals surface area contributed by atoms with Crippen molar-refractivity contribution >= 4 is 38.9 Å². The first-order valence-corrected chi connectivity index (χ1v) is 9.59. The normalized spacial score (nSPS) is 19.9. The molecular formula is C16H16ClFN4O3S. The van der Waals surface area contributed by atoms with Crippen LogP contribution in [0.3, 0.4) is 0 Å². The van der Waals surface area contributed by atoms with E-state index in [1.54, 1.807) is 24.3 Å². The summed E-state index contributed by atoms with van der Waals surface area (Å²) in [6.07, 6.45) is 0. The number of amides is 1. The number of benzene rings is 2. The number of nitrogens with one attached hydrogen (secondary N) is 4. The smallest absolute Gasteiger partial charge is 0.250 e. The summed E-state index contributed by atoms with van der Waals surface area (Å²) >= 11 is 5.88. The van der Waals surface area contributed by atoms with Gasteiger partial charge in [-0.05, 0) is 42.5 Å². The number of hydrogen-bond acceptors (Lipinski definition) is 5. The minimum atomic E-state index is -3.95. The first-order chi connectivity index (χ1) is 12.3. The lowest BCUT2D eigenvalue weighted by atomic mass is 10.1. The van der Waals surface area contributed by atoms with Crippen molar-refractivity contribution in [2.75, 3.05) is 16.6 Å². The van der Waals surface area contributed by atoms with E-state index in [1.165, 1.54) is 12.1 Å². The summed E-state index contributed by atoms with van der Waals surface area (Å²) in [5.41, 5.74) is 5.95. The molecule has 0 radical (unpaired) electrons. The average Bonchev–Trinajstić information content (AvgIpc) is 3.08. The Balaban J connectivity index is 1.74. The van der Waals surface area contributed by atoms with E-state index >= 15 is 0 Å². The summed E-state index contributed by atoms with van der Waals surface area (Å²) in [5.74, 6) is -1.83. The Hall–Kier alpha value is -2.20. The van der Waals surface area contributed by atoms with Crippen LogP contribution >= 0.6 is 11.6 Å². The third-order valence-electron chi connectivity index (χ3n) is 3.80. The zero-order valence-electron chi connectivity index (χ0n) is 13.4. The summed E-state index contributed by atoms with van der Waals surface area (Å²) in [6, 6.07) is 11.4. The Morgan fingerprint density at radius 1 is 1.15 bits per heavy atom. The molecule has 1 saturated heterocycles. The highest BCUT2D eigenvalue weighted by Gasteiger charge is 2.41. The first-order valence-electron chi connectivity index (χ1n) is 7.67. The molecular weight excluding hydrogens is 383 g/mol. The van der Waals surface area contributed by atoms with Gasteiger partial charge in [-0.1, -0.05) is 17.7 Å². The number of hydrogen-bond donors (Lipinski definition) is 4. The van der Waals surface area contributed by atoms with Gasteiger partial charge in [-0.2, -0.15) is 0 Å². The van der Waals surface area contributed by atoms with E-state index in [0.29, 0.717) is 10.7 Å². The van der Waals surface area contributed by atoms with Crippen LogP contribution in [0, 0.1) is 11.7 Å². The van der Waals surface area contributed by atoms with Crippen LogP contribution in [0.1, 0.15) is 0 Å². The monoisotopic (exact) mass is 398 g/mol. The van der Waals surface area contributed by atoms with E-state index in [9.17, 15) is 17.6 Å². The highest BCUT2D eigenvalue weighted by atomic mass is 35.5. The molecule has 0 aromatic heterocycles. The van der Waals surface area contributed by atoms with Crippen LogP contribution in [0.25, 0.3) is 0 Å². The zero-order valence-corrected chi connectivity index (χ0v) is 14.9. The Bertz CT molecular complexity index is 908. The number of sulfonamides is 1. The van der Waals surface area contributed by atoms with E-state index < -0.39 is 33.0 Å². The van der Waals surface area contributed by atoms with Gasteiger partial charge in [0.1, 0.15) is 5.82 Å². The van der Waals surface area contributed by atoms with Crippen LogP contribution in [0.4, 0.5) is 15.8 Å². The molecule has 10 heteroatoms. The maximum absolute atomic E-state index is 13.0. The predicted octanol–water partition coefficient (Wildman–Crippen LogP) is 1.91. The molecule has 2 aromatic carbocycles. The largest absolute Gasteiger partial charge is 0.326 e. The Morgan fingerprint density at radius 2 is 1.88 bits per heavy atom. The highest BCUT2D eigenvalue weighted by Crippen LogP contribution is 2.21. The van der Waals surface area contributed by atoms with E-state index in [0.717, 1.165) is 12.1 Å². The molecule has 0 bridgehead atoms. The van der Waals surface area contributed by atoms with Crippen molar-refractivity contribution in [3.63, 3.8) is 0 Å². The molecule has 0 spiro atoms. The maximum Gasteiger partial charge on any atom is 0.250 e. The van der Waals surface area contributed by atoms with Crippen molar-refractivity contribution in [3.8, 4) is 0 Å². The standard InChI is InChI=1S/C16H16ClFN4O3S/c17-10-2-1-3-13(8-10)20-15(23)14-9-19-21-16(14)26(24,25)22-12-6-4-11(18)5-7-12/h1-8,14,16,19,21-22H,9H2,(H,20,23). The van der Waals surface area contributed by atoms with Crippen LogP contribution in [-0.2, 0) is 14.8 Å². The predicted molar refractivity (Wildman–Crippen MR) is 97.4 cm³/mol. The van der Waals surface area contributed by atoms with E-state index in [-0.39, 0.29) is 12.2 Å². The lowest BCUT2D eigenvalue weighted by molar-refractivity contribution is -0.119. The topological polar surface area (TPSA) is 99.3 Å². The van der Waals surface area contributed by atoms with Crippen molar-refractivity contribution < 1.29 is 17.6 Å². The van der Waals surface area contributed by atoms with Crippen LogP contribution < -0.4 is 20.9 Å². The summed E-state index contributed by atoms with van der Waals surface area (Å²) in [7, 11) is -3.95. The fraction of sp³-hybridized carbons (Fsp3) is 0.188. The van der Waals surface area contributed by atoms with Crippen molar-refractivity contribution in [2.45, 2.75) is 5.37 Å². The van der Waals surface area contributed by atoms with Gasteiger partial charge in [0, 0.05) is 22.9 Å². The first kappa shape index (κ1) is 18.6. The second kappa shape index (κ2) is 7.58. The van der Waals surface area contributed by atoms with Crippen LogP contribution in [0.2, 0.25) is 5.02 Å². The maximum atomic E-state index is 13.0. The molecule has 1 heterocycles. The number of hydrazine groups is 1. The minimum Gasteiger partial charge on any atom is -0.326 e. The lowest BCUT2D eigenvalue weighted by Crippen LogP contribution is -2.45. The third-order valence-corrected chi connectivity index (χ3v) is 5.67. The quantitative estimate of drug-likeness (QED) is 0.616. The molecule has 2 unspecified atom stereocenters. The molecule has 1 fully saturated rings. The van der Waals surface area contributed by atoms with E-state index in [1.807, 2.05) is 0 Å². The average molecular weight is 399 g/mol. The minimum absolute atomic E-state index is 0.126. The fourth-order valence-electron chi connectivity index (χ4n) is 2.55. The van der Waals surface area contributed by atoms with Gasteiger partial charge in [-0.15, -0.1) is 0 Å². The molecule has 138 valence electrons. The molecule has 3 rings (SSSR count). The van der Waals surface area contributed by atoms with Gasteiger partial charge in [0.15, 0.2) is 5.37 Å². The lowest BCUT2D eigenvalue weighted by Gasteiger charge is -2.19. The second-order valence-corrected chi connectivity index (χ2v) is 7.94. The summed E-state index contributed by atoms with van der Waals surface area (Å²) < 4.78 is 40.5. The van der Waals surface area contributed by atoms with Crippen molar-refractivity contribution in [1.82, 2.24) is 10.9 Å². The second-order valence-electron chi connectivity index (χ2n) is 5.71. The molecule has 0 saturated carbocycles. The molecule has 1 amide bonds. The number of rotatable bonds is 5. The molecule has 4 N–H and O–H groups in total. The number of carbonyl (C=O) groups excluding carboxylic acids is 1. The molecule has 0 aliphatic carbocycles. The van der Waals surface area contributed by atoms with Crippen molar-refractivity contribution in [1.29, 1.82) is 0 Å². The van der Waals surface area contributed by atoms with Gasteiger partial charge >= 0.3 is 0 Å². The number of carbonyl (C=O) groups is 1. The fourth-order valence-corrected chi connectivity index (χ4v) is 4.22. The van der Waals surface area contributed by atoms with Gasteiger partial charge < -0.3 is 5.32 Å². The van der Waals surface area contributed by atoms with Gasteiger partial charge in [-0.25, -0.2) is 18.2 Å².